The Morgan fingerprint density at radius 1 is 0.889 bits per heavy atom. The molecule has 2 aliphatic rings. The molecule has 0 unspecified atom stereocenters. The van der Waals surface area contributed by atoms with Crippen molar-refractivity contribution in [3.63, 3.8) is 0 Å². The van der Waals surface area contributed by atoms with Gasteiger partial charge in [-0.2, -0.15) is 0 Å². The zero-order valence-corrected chi connectivity index (χ0v) is 19.3. The number of aromatic hydroxyl groups is 3. The molecule has 0 aromatic heterocycles. The van der Waals surface area contributed by atoms with Crippen LogP contribution in [-0.2, 0) is 0 Å². The van der Waals surface area contributed by atoms with Gasteiger partial charge in [0, 0.05) is 23.3 Å². The molecule has 0 saturated heterocycles. The summed E-state index contributed by atoms with van der Waals surface area (Å²) in [6.07, 6.45) is -3.69. The number of phenols is 3. The highest BCUT2D eigenvalue weighted by molar-refractivity contribution is 6.05. The topological polar surface area (TPSA) is 155 Å². The molecule has 0 radical (unpaired) electrons. The number of phenolic OH excluding ortho intramolecular Hbond substituents is 3. The van der Waals surface area contributed by atoms with Gasteiger partial charge in [-0.15, -0.1) is 0 Å². The van der Waals surface area contributed by atoms with E-state index in [1.54, 1.807) is 12.1 Å². The molecule has 0 saturated carbocycles. The third-order valence-electron chi connectivity index (χ3n) is 6.57. The first-order valence-electron chi connectivity index (χ1n) is 11.1. The summed E-state index contributed by atoms with van der Waals surface area (Å²) in [7, 11) is 2.80. The third-order valence-corrected chi connectivity index (χ3v) is 6.57. The number of carbonyl (C=O) groups is 1. The lowest BCUT2D eigenvalue weighted by Crippen LogP contribution is -2.37. The Bertz CT molecular complexity index is 1350. The molecule has 10 heteroatoms. The molecule has 0 bridgehead atoms. The summed E-state index contributed by atoms with van der Waals surface area (Å²) >= 11 is 0. The van der Waals surface area contributed by atoms with Crippen molar-refractivity contribution in [1.82, 2.24) is 0 Å². The molecule has 188 valence electrons. The minimum absolute atomic E-state index is 0.0215. The van der Waals surface area contributed by atoms with Crippen LogP contribution in [0.4, 0.5) is 0 Å². The van der Waals surface area contributed by atoms with Crippen LogP contribution in [0.5, 0.6) is 40.2 Å². The number of hydrogen-bond acceptors (Lipinski definition) is 10. The number of aliphatic hydroxyl groups is 2. The average molecular weight is 496 g/mol. The second-order valence-corrected chi connectivity index (χ2v) is 8.54. The number of fused-ring (bicyclic) bond motifs is 2. The molecule has 0 fully saturated rings. The van der Waals surface area contributed by atoms with Gasteiger partial charge in [-0.25, -0.2) is 0 Å². The Kier molecular flexibility index (Phi) is 5.77. The van der Waals surface area contributed by atoms with E-state index in [4.69, 9.17) is 18.9 Å². The van der Waals surface area contributed by atoms with Gasteiger partial charge in [0.2, 0.25) is 5.78 Å². The van der Waals surface area contributed by atoms with Crippen LogP contribution in [0.25, 0.3) is 0 Å². The molecule has 3 aromatic rings. The van der Waals surface area contributed by atoms with Crippen molar-refractivity contribution in [2.24, 2.45) is 0 Å². The monoisotopic (exact) mass is 496 g/mol. The standard InChI is InChI=1S/C26H24O10/c1-33-12-8-17(30)21-19(9-12)35-25(23(32)22(21)31)13-4-6-16(29)26-20(13)14(10-27)24(36-26)11-3-5-15(28)18(7-11)34-2/h3-9,14,23-25,27-30,32H,10H2,1-2H3/t14-,23+,24+,25-/m1/s1. The highest BCUT2D eigenvalue weighted by Gasteiger charge is 2.45. The summed E-state index contributed by atoms with van der Waals surface area (Å²) in [6.45, 7) is -0.404. The molecule has 2 heterocycles. The fraction of sp³-hybridized carbons (Fsp3) is 0.269. The summed E-state index contributed by atoms with van der Waals surface area (Å²) in [5.41, 5.74) is 1.08. The normalized spacial score (nSPS) is 22.3. The second-order valence-electron chi connectivity index (χ2n) is 8.54. The van der Waals surface area contributed by atoms with Gasteiger partial charge in [-0.3, -0.25) is 4.79 Å². The van der Waals surface area contributed by atoms with Gasteiger partial charge in [0.25, 0.3) is 0 Å². The Hall–Kier alpha value is -4.15. The molecule has 0 aliphatic carbocycles. The fourth-order valence-electron chi connectivity index (χ4n) is 4.83. The van der Waals surface area contributed by atoms with Crippen molar-refractivity contribution in [3.05, 3.63) is 64.7 Å². The number of rotatable bonds is 5. The molecule has 4 atom stereocenters. The molecular formula is C26H24O10. The zero-order chi connectivity index (χ0) is 25.7. The van der Waals surface area contributed by atoms with Crippen molar-refractivity contribution in [2.75, 3.05) is 20.8 Å². The van der Waals surface area contributed by atoms with Crippen LogP contribution >= 0.6 is 0 Å². The first-order chi connectivity index (χ1) is 17.3. The number of Topliss-reactive ketones (excluding diaryl/α,β-unsaturated/α-hetero) is 1. The molecule has 0 spiro atoms. The van der Waals surface area contributed by atoms with E-state index in [0.29, 0.717) is 16.7 Å². The van der Waals surface area contributed by atoms with Gasteiger partial charge in [0.15, 0.2) is 35.2 Å². The van der Waals surface area contributed by atoms with E-state index in [1.165, 1.54) is 44.6 Å². The summed E-state index contributed by atoms with van der Waals surface area (Å²) in [5, 5.41) is 52.1. The zero-order valence-electron chi connectivity index (χ0n) is 19.3. The second kappa shape index (κ2) is 8.81. The molecule has 36 heavy (non-hydrogen) atoms. The molecule has 5 rings (SSSR count). The first-order valence-corrected chi connectivity index (χ1v) is 11.1. The van der Waals surface area contributed by atoms with Crippen molar-refractivity contribution >= 4 is 5.78 Å². The summed E-state index contributed by atoms with van der Waals surface area (Å²) in [5.74, 6) is -1.57. The Balaban J connectivity index is 1.61. The number of hydrogen-bond donors (Lipinski definition) is 5. The van der Waals surface area contributed by atoms with Crippen LogP contribution in [-0.4, -0.2) is 58.2 Å². The maximum absolute atomic E-state index is 13.0. The summed E-state index contributed by atoms with van der Waals surface area (Å²) < 4.78 is 22.4. The van der Waals surface area contributed by atoms with Crippen LogP contribution < -0.4 is 18.9 Å². The van der Waals surface area contributed by atoms with Crippen molar-refractivity contribution < 1.29 is 49.3 Å². The molecule has 10 nitrogen and oxygen atoms in total. The van der Waals surface area contributed by atoms with Crippen LogP contribution in [0.1, 0.15) is 45.2 Å². The van der Waals surface area contributed by atoms with Gasteiger partial charge in [0.05, 0.1) is 26.7 Å². The van der Waals surface area contributed by atoms with Crippen molar-refractivity contribution in [1.29, 1.82) is 0 Å². The van der Waals surface area contributed by atoms with E-state index in [2.05, 4.69) is 0 Å². The van der Waals surface area contributed by atoms with E-state index < -0.39 is 36.6 Å². The predicted molar refractivity (Wildman–Crippen MR) is 124 cm³/mol. The largest absolute Gasteiger partial charge is 0.507 e. The van der Waals surface area contributed by atoms with Gasteiger partial charge in [-0.05, 0) is 23.8 Å². The Morgan fingerprint density at radius 3 is 2.33 bits per heavy atom. The predicted octanol–water partition coefficient (Wildman–Crippen LogP) is 2.71. The van der Waals surface area contributed by atoms with E-state index in [1.807, 2.05) is 0 Å². The van der Waals surface area contributed by atoms with Gasteiger partial charge in [-0.1, -0.05) is 12.1 Å². The number of aliphatic hydroxyl groups excluding tert-OH is 2. The lowest BCUT2D eigenvalue weighted by Gasteiger charge is -2.32. The van der Waals surface area contributed by atoms with E-state index >= 15 is 0 Å². The highest BCUT2D eigenvalue weighted by Crippen LogP contribution is 2.54. The van der Waals surface area contributed by atoms with Gasteiger partial charge < -0.3 is 44.5 Å². The SMILES string of the molecule is COc1cc(O)c2c(c1)O[C@H](c1ccc(O)c3c1[C@@H](CO)[C@H](c1ccc(O)c(OC)c1)O3)[C@@H](O)C2=O. The molecule has 3 aromatic carbocycles. The Labute approximate surface area is 205 Å². The average Bonchev–Trinajstić information content (AvgIpc) is 3.27. The minimum atomic E-state index is -1.68. The van der Waals surface area contributed by atoms with E-state index in [0.717, 1.165) is 0 Å². The number of methoxy groups -OCH3 is 2. The third kappa shape index (κ3) is 3.53. The Morgan fingerprint density at radius 2 is 1.64 bits per heavy atom. The lowest BCUT2D eigenvalue weighted by atomic mass is 9.84. The minimum Gasteiger partial charge on any atom is -0.507 e. The highest BCUT2D eigenvalue weighted by atomic mass is 16.5. The van der Waals surface area contributed by atoms with Crippen LogP contribution in [0, 0.1) is 0 Å². The van der Waals surface area contributed by atoms with Crippen molar-refractivity contribution in [3.8, 4) is 40.2 Å². The van der Waals surface area contributed by atoms with Gasteiger partial charge in [0.1, 0.15) is 28.9 Å². The molecular weight excluding hydrogens is 472 g/mol. The summed E-state index contributed by atoms with van der Waals surface area (Å²) in [6, 6.07) is 10.1. The molecule has 2 aliphatic heterocycles. The quantitative estimate of drug-likeness (QED) is 0.356. The van der Waals surface area contributed by atoms with Crippen LogP contribution in [0.15, 0.2) is 42.5 Å². The van der Waals surface area contributed by atoms with Crippen LogP contribution in [0.3, 0.4) is 0 Å². The molecule has 5 N–H and O–H groups in total. The number of carbonyl (C=O) groups excluding carboxylic acids is 1. The first kappa shape index (κ1) is 23.6. The smallest absolute Gasteiger partial charge is 0.202 e. The molecule has 0 amide bonds. The lowest BCUT2D eigenvalue weighted by molar-refractivity contribution is 0.0206. The van der Waals surface area contributed by atoms with Crippen molar-refractivity contribution in [2.45, 2.75) is 24.2 Å². The number of benzene rings is 3. The number of ether oxygens (including phenoxy) is 4. The van der Waals surface area contributed by atoms with Crippen LogP contribution in [0.2, 0.25) is 0 Å². The van der Waals surface area contributed by atoms with E-state index in [9.17, 15) is 30.3 Å². The summed E-state index contributed by atoms with van der Waals surface area (Å²) in [4.78, 5) is 13.0. The maximum atomic E-state index is 13.0. The van der Waals surface area contributed by atoms with E-state index in [-0.39, 0.29) is 45.8 Å². The van der Waals surface area contributed by atoms with Gasteiger partial charge >= 0.3 is 0 Å². The maximum Gasteiger partial charge on any atom is 0.202 e. The fourth-order valence-corrected chi connectivity index (χ4v) is 4.83. The number of ketones is 1.